The zero-order valence-electron chi connectivity index (χ0n) is 18.6. The number of carbonyl (C=O) groups excluding carboxylic acids is 1. The number of anilines is 1. The van der Waals surface area contributed by atoms with Gasteiger partial charge in [-0.25, -0.2) is 22.9 Å². The van der Waals surface area contributed by atoms with Crippen LogP contribution in [0.15, 0.2) is 33.8 Å². The molecule has 0 spiro atoms. The highest BCUT2D eigenvalue weighted by Crippen LogP contribution is 2.41. The van der Waals surface area contributed by atoms with E-state index in [0.29, 0.717) is 13.0 Å². The molecule has 3 unspecified atom stereocenters. The Balaban J connectivity index is 1.71. The van der Waals surface area contributed by atoms with Crippen molar-refractivity contribution >= 4 is 38.9 Å². The van der Waals surface area contributed by atoms with Gasteiger partial charge < -0.3 is 11.1 Å². The topological polar surface area (TPSA) is 146 Å². The highest BCUT2D eigenvalue weighted by atomic mass is 35.5. The maximum Gasteiger partial charge on any atom is 0.276 e. The van der Waals surface area contributed by atoms with E-state index in [1.165, 1.54) is 18.3 Å². The van der Waals surface area contributed by atoms with Crippen LogP contribution in [0.25, 0.3) is 0 Å². The fourth-order valence-electron chi connectivity index (χ4n) is 4.23. The largest absolute Gasteiger partial charge is 0.386 e. The molecule has 0 fully saturated rings. The first kappa shape index (κ1) is 24.0. The third-order valence-electron chi connectivity index (χ3n) is 6.23. The van der Waals surface area contributed by atoms with Gasteiger partial charge in [0.25, 0.3) is 5.91 Å². The molecule has 0 aliphatic carbocycles. The fourth-order valence-corrected chi connectivity index (χ4v) is 7.40. The summed E-state index contributed by atoms with van der Waals surface area (Å²) in [6.07, 6.45) is 3.43. The monoisotopic (exact) mass is 503 g/mol. The molecule has 2 aromatic rings. The van der Waals surface area contributed by atoms with Gasteiger partial charge in [0, 0.05) is 12.7 Å². The van der Waals surface area contributed by atoms with Gasteiger partial charge in [0.05, 0.1) is 26.1 Å². The van der Waals surface area contributed by atoms with Gasteiger partial charge in [-0.15, -0.1) is 0 Å². The minimum absolute atomic E-state index is 0.0124. The Kier molecular flexibility index (Phi) is 6.08. The second-order valence-electron chi connectivity index (χ2n) is 8.74. The Morgan fingerprint density at radius 3 is 2.82 bits per heavy atom. The van der Waals surface area contributed by atoms with Crippen molar-refractivity contribution in [2.75, 3.05) is 17.6 Å². The predicted octanol–water partition coefficient (Wildman–Crippen LogP) is 3.39. The Morgan fingerprint density at radius 1 is 1.35 bits per heavy atom. The summed E-state index contributed by atoms with van der Waals surface area (Å²) in [4.78, 5) is 25.4. The van der Waals surface area contributed by atoms with E-state index in [0.717, 1.165) is 18.9 Å². The van der Waals surface area contributed by atoms with Gasteiger partial charge in [-0.2, -0.15) is 5.26 Å². The number of hydrogen-bond donors (Lipinski definition) is 2. The summed E-state index contributed by atoms with van der Waals surface area (Å²) in [6, 6.07) is 5.63. The Bertz CT molecular complexity index is 1380. The molecular formula is C22H23ClFN7O2S. The number of pyridine rings is 2. The fraction of sp³-hybridized carbons (Fsp3) is 0.409. The minimum Gasteiger partial charge on any atom is -0.386 e. The summed E-state index contributed by atoms with van der Waals surface area (Å²) in [7, 11) is -2.86. The molecule has 2 aliphatic heterocycles. The van der Waals surface area contributed by atoms with Crippen molar-refractivity contribution in [1.29, 1.82) is 5.26 Å². The Hall–Kier alpha value is -3.10. The molecule has 2 aromatic heterocycles. The van der Waals surface area contributed by atoms with Crippen LogP contribution in [0.5, 0.6) is 0 Å². The molecule has 34 heavy (non-hydrogen) atoms. The van der Waals surface area contributed by atoms with E-state index in [1.54, 1.807) is 13.8 Å². The summed E-state index contributed by atoms with van der Waals surface area (Å²) >= 11 is 6.06. The van der Waals surface area contributed by atoms with Crippen LogP contribution in [0.3, 0.4) is 0 Å². The summed E-state index contributed by atoms with van der Waals surface area (Å²) in [6.45, 7) is 3.86. The van der Waals surface area contributed by atoms with Crippen molar-refractivity contribution in [3.63, 3.8) is 0 Å². The molecule has 12 heteroatoms. The van der Waals surface area contributed by atoms with Crippen LogP contribution in [0.2, 0.25) is 5.02 Å². The lowest BCUT2D eigenvalue weighted by Crippen LogP contribution is -2.56. The Labute approximate surface area is 201 Å². The van der Waals surface area contributed by atoms with Crippen molar-refractivity contribution < 1.29 is 13.4 Å². The molecule has 3 atom stereocenters. The van der Waals surface area contributed by atoms with Gasteiger partial charge in [0.1, 0.15) is 45.2 Å². The van der Waals surface area contributed by atoms with E-state index in [-0.39, 0.29) is 39.4 Å². The number of rotatable bonds is 3. The number of aromatic nitrogens is 2. The lowest BCUT2D eigenvalue weighted by Gasteiger charge is -2.41. The van der Waals surface area contributed by atoms with Crippen LogP contribution in [-0.4, -0.2) is 43.0 Å². The smallest absolute Gasteiger partial charge is 0.276 e. The summed E-state index contributed by atoms with van der Waals surface area (Å²) in [5.74, 6) is -1.21. The average Bonchev–Trinajstić information content (AvgIpc) is 2.93. The molecule has 9 nitrogen and oxygen atoms in total. The van der Waals surface area contributed by atoms with Gasteiger partial charge in [-0.1, -0.05) is 11.6 Å². The molecule has 178 valence electrons. The van der Waals surface area contributed by atoms with Gasteiger partial charge in [-0.3, -0.25) is 9.79 Å². The number of nitriles is 1. The molecule has 1 amide bonds. The SMILES string of the molecule is CC1(c2nc(NC(=O)c3ncc(C#N)cc3Cl)ccc2F)CS2(=O)=NCCCCC2(C)C(N)=N1. The molecular weight excluding hydrogens is 481 g/mol. The van der Waals surface area contributed by atoms with Crippen LogP contribution in [0.4, 0.5) is 10.2 Å². The lowest BCUT2D eigenvalue weighted by atomic mass is 9.96. The van der Waals surface area contributed by atoms with E-state index in [1.807, 2.05) is 6.07 Å². The maximum atomic E-state index is 15.0. The number of nitrogens with one attached hydrogen (secondary N) is 1. The zero-order valence-corrected chi connectivity index (χ0v) is 20.2. The number of hydrogen-bond acceptors (Lipinski definition) is 8. The first-order chi connectivity index (χ1) is 16.0. The molecule has 0 aromatic carbocycles. The van der Waals surface area contributed by atoms with Crippen molar-refractivity contribution in [3.05, 3.63) is 52.2 Å². The van der Waals surface area contributed by atoms with E-state index in [2.05, 4.69) is 24.6 Å². The van der Waals surface area contributed by atoms with E-state index >= 15 is 0 Å². The van der Waals surface area contributed by atoms with Crippen molar-refractivity contribution in [3.8, 4) is 6.07 Å². The van der Waals surface area contributed by atoms with Gasteiger partial charge >= 0.3 is 0 Å². The second-order valence-corrected chi connectivity index (χ2v) is 11.9. The highest BCUT2D eigenvalue weighted by Gasteiger charge is 2.51. The van der Waals surface area contributed by atoms with Crippen molar-refractivity contribution in [2.45, 2.75) is 43.4 Å². The average molecular weight is 504 g/mol. The molecule has 0 radical (unpaired) electrons. The highest BCUT2D eigenvalue weighted by molar-refractivity contribution is 7.95. The van der Waals surface area contributed by atoms with Crippen LogP contribution >= 0.6 is 11.6 Å². The summed E-state index contributed by atoms with van der Waals surface area (Å²) < 4.78 is 32.6. The number of nitrogens with zero attached hydrogens (tertiary/aromatic N) is 5. The molecule has 0 bridgehead atoms. The summed E-state index contributed by atoms with van der Waals surface area (Å²) in [5.41, 5.74) is 4.97. The first-order valence-corrected chi connectivity index (χ1v) is 12.7. The Morgan fingerprint density at radius 2 is 2.12 bits per heavy atom. The molecule has 2 aliphatic rings. The van der Waals surface area contributed by atoms with Crippen molar-refractivity contribution in [2.24, 2.45) is 15.1 Å². The third-order valence-corrected chi connectivity index (χ3v) is 9.90. The zero-order chi connectivity index (χ0) is 24.7. The molecule has 3 N–H and O–H groups in total. The first-order valence-electron chi connectivity index (χ1n) is 10.6. The predicted molar refractivity (Wildman–Crippen MR) is 128 cm³/mol. The van der Waals surface area contributed by atoms with Crippen LogP contribution in [0, 0.1) is 17.1 Å². The van der Waals surface area contributed by atoms with E-state index in [4.69, 9.17) is 22.6 Å². The van der Waals surface area contributed by atoms with E-state index in [9.17, 15) is 13.4 Å². The third kappa shape index (κ3) is 4.01. The van der Waals surface area contributed by atoms with E-state index < -0.39 is 31.7 Å². The van der Waals surface area contributed by atoms with Gasteiger partial charge in [0.2, 0.25) is 0 Å². The summed E-state index contributed by atoms with van der Waals surface area (Å²) in [5, 5.41) is 11.5. The van der Waals surface area contributed by atoms with Crippen LogP contribution < -0.4 is 11.1 Å². The number of amidine groups is 1. The molecule has 4 rings (SSSR count). The van der Waals surface area contributed by atoms with Gasteiger partial charge in [-0.05, 0) is 51.3 Å². The number of amides is 1. The molecule has 4 heterocycles. The molecule has 0 saturated heterocycles. The molecule has 0 saturated carbocycles. The second kappa shape index (κ2) is 8.60. The number of fused-ring (bicyclic) bond motifs is 1. The number of aliphatic imine (C=N–C) groups is 1. The van der Waals surface area contributed by atoms with Gasteiger partial charge in [0.15, 0.2) is 0 Å². The van der Waals surface area contributed by atoms with Crippen LogP contribution in [0.1, 0.15) is 54.9 Å². The normalized spacial score (nSPS) is 28.5. The number of carbonyl (C=O) groups is 1. The number of nitrogens with two attached hydrogens (primary N) is 1. The lowest BCUT2D eigenvalue weighted by molar-refractivity contribution is 0.102. The van der Waals surface area contributed by atoms with Crippen molar-refractivity contribution in [1.82, 2.24) is 9.97 Å². The quantitative estimate of drug-likeness (QED) is 0.656. The standard InChI is InChI=1S/C22H23ClFN7O2S/c1-21(12-34(33)22(2,20(26)31-21)7-3-4-8-28-34)18-15(24)5-6-16(29-18)30-19(32)17-14(23)9-13(10-25)11-27-17/h5-6,9,11H,3-4,7-8,12H2,1-2H3,(H2,26,31)(H,29,30,32). The number of halogens is 2. The maximum absolute atomic E-state index is 15.0. The minimum atomic E-state index is -2.86. The van der Waals surface area contributed by atoms with Crippen LogP contribution in [-0.2, 0) is 15.3 Å².